The van der Waals surface area contributed by atoms with Crippen molar-refractivity contribution in [1.82, 2.24) is 19.7 Å². The van der Waals surface area contributed by atoms with Crippen molar-refractivity contribution in [3.8, 4) is 11.3 Å². The highest BCUT2D eigenvalue weighted by atomic mass is 16.4. The summed E-state index contributed by atoms with van der Waals surface area (Å²) in [7, 11) is 0. The molecule has 0 saturated carbocycles. The molecule has 1 N–H and O–H groups in total. The minimum absolute atomic E-state index is 0.0239. The Balaban J connectivity index is 1.84. The number of nitrogens with zero attached hydrogens (tertiary/aromatic N) is 4. The molecule has 3 rings (SSSR count). The maximum atomic E-state index is 12.3. The predicted molar refractivity (Wildman–Crippen MR) is 114 cm³/mol. The molecule has 0 spiro atoms. The summed E-state index contributed by atoms with van der Waals surface area (Å²) in [5.74, 6) is -0.0123. The summed E-state index contributed by atoms with van der Waals surface area (Å²) in [4.78, 5) is 32.5. The quantitative estimate of drug-likeness (QED) is 0.522. The molecule has 0 aliphatic rings. The van der Waals surface area contributed by atoms with Crippen LogP contribution in [0.1, 0.15) is 78.4 Å². The average molecular weight is 406 g/mol. The molecule has 156 valence electrons. The molecule has 0 aliphatic heterocycles. The summed E-state index contributed by atoms with van der Waals surface area (Å²) in [5, 5.41) is 13.8. The van der Waals surface area contributed by atoms with Crippen LogP contribution in [0.2, 0.25) is 0 Å². The van der Waals surface area contributed by atoms with E-state index in [1.165, 1.54) is 0 Å². The van der Waals surface area contributed by atoms with Crippen LogP contribution >= 0.6 is 0 Å². The zero-order valence-corrected chi connectivity index (χ0v) is 17.5. The Morgan fingerprint density at radius 2 is 1.87 bits per heavy atom. The number of carbonyl (C=O) groups excluding carboxylic acids is 1. The van der Waals surface area contributed by atoms with Gasteiger partial charge in [-0.25, -0.2) is 14.5 Å². The number of benzene rings is 1. The molecule has 7 nitrogen and oxygen atoms in total. The van der Waals surface area contributed by atoms with Crippen molar-refractivity contribution in [1.29, 1.82) is 0 Å². The SMILES string of the molecule is CCCCC(=O)c1nc(Cc2ccc(-c3ncccc3C(=O)O)cc2)n(C(C)C)n1. The summed E-state index contributed by atoms with van der Waals surface area (Å²) >= 11 is 0. The van der Waals surface area contributed by atoms with E-state index in [1.807, 2.05) is 45.0 Å². The Hall–Kier alpha value is -3.35. The normalized spacial score (nSPS) is 11.1. The summed E-state index contributed by atoms with van der Waals surface area (Å²) in [5.41, 5.74) is 2.33. The summed E-state index contributed by atoms with van der Waals surface area (Å²) < 4.78 is 1.80. The molecular formula is C23H26N4O3. The number of unbranched alkanes of at least 4 members (excludes halogenated alkanes) is 1. The van der Waals surface area contributed by atoms with Gasteiger partial charge in [0.05, 0.1) is 11.3 Å². The molecule has 7 heteroatoms. The van der Waals surface area contributed by atoms with Gasteiger partial charge in [0.1, 0.15) is 5.82 Å². The number of rotatable bonds is 9. The van der Waals surface area contributed by atoms with E-state index in [0.717, 1.165) is 29.8 Å². The average Bonchev–Trinajstić information content (AvgIpc) is 3.17. The van der Waals surface area contributed by atoms with Crippen molar-refractivity contribution in [2.24, 2.45) is 0 Å². The second-order valence-corrected chi connectivity index (χ2v) is 7.50. The second-order valence-electron chi connectivity index (χ2n) is 7.50. The van der Waals surface area contributed by atoms with Gasteiger partial charge < -0.3 is 5.11 Å². The van der Waals surface area contributed by atoms with Crippen LogP contribution in [-0.4, -0.2) is 36.6 Å². The molecule has 0 amide bonds. The molecule has 30 heavy (non-hydrogen) atoms. The molecule has 0 saturated heterocycles. The Morgan fingerprint density at radius 1 is 1.13 bits per heavy atom. The third-order valence-corrected chi connectivity index (χ3v) is 4.83. The zero-order chi connectivity index (χ0) is 21.7. The summed E-state index contributed by atoms with van der Waals surface area (Å²) in [6, 6.07) is 10.8. The number of hydrogen-bond acceptors (Lipinski definition) is 5. The van der Waals surface area contributed by atoms with Crippen molar-refractivity contribution < 1.29 is 14.7 Å². The number of carboxylic acid groups (broad SMARTS) is 1. The van der Waals surface area contributed by atoms with Crippen molar-refractivity contribution >= 4 is 11.8 Å². The van der Waals surface area contributed by atoms with Crippen LogP contribution in [0, 0.1) is 0 Å². The van der Waals surface area contributed by atoms with Gasteiger partial charge in [-0.2, -0.15) is 0 Å². The standard InChI is InChI=1S/C23H26N4O3/c1-4-5-8-19(28)22-25-20(27(26-22)15(2)3)14-16-9-11-17(12-10-16)21-18(23(29)30)7-6-13-24-21/h6-7,9-13,15H,4-5,8,14H2,1-3H3,(H,29,30). The molecule has 0 unspecified atom stereocenters. The molecule has 0 radical (unpaired) electrons. The first-order valence-electron chi connectivity index (χ1n) is 10.2. The number of aromatic carboxylic acids is 1. The highest BCUT2D eigenvalue weighted by Gasteiger charge is 2.18. The van der Waals surface area contributed by atoms with Crippen molar-refractivity contribution in [2.75, 3.05) is 0 Å². The molecule has 0 fully saturated rings. The lowest BCUT2D eigenvalue weighted by Crippen LogP contribution is -2.09. The van der Waals surface area contributed by atoms with Gasteiger partial charge in [-0.3, -0.25) is 9.78 Å². The summed E-state index contributed by atoms with van der Waals surface area (Å²) in [6.07, 6.45) is 4.36. The Labute approximate surface area is 175 Å². The molecule has 2 aromatic heterocycles. The van der Waals surface area contributed by atoms with Gasteiger partial charge in [0.2, 0.25) is 11.6 Å². The van der Waals surface area contributed by atoms with Crippen LogP contribution in [0.5, 0.6) is 0 Å². The first kappa shape index (κ1) is 21.4. The molecule has 0 atom stereocenters. The number of ketones is 1. The first-order chi connectivity index (χ1) is 14.4. The number of pyridine rings is 1. The van der Waals surface area contributed by atoms with E-state index in [4.69, 9.17) is 0 Å². The minimum atomic E-state index is -1.01. The number of carbonyl (C=O) groups is 2. The van der Waals surface area contributed by atoms with E-state index in [-0.39, 0.29) is 23.2 Å². The third kappa shape index (κ3) is 4.79. The highest BCUT2D eigenvalue weighted by Crippen LogP contribution is 2.23. The van der Waals surface area contributed by atoms with Crippen molar-refractivity contribution in [3.05, 3.63) is 65.4 Å². The largest absolute Gasteiger partial charge is 0.478 e. The van der Waals surface area contributed by atoms with Crippen LogP contribution in [0.25, 0.3) is 11.3 Å². The monoisotopic (exact) mass is 406 g/mol. The second kappa shape index (κ2) is 9.43. The molecule has 3 aromatic rings. The number of carboxylic acids is 1. The summed E-state index contributed by atoms with van der Waals surface area (Å²) in [6.45, 7) is 6.07. The van der Waals surface area contributed by atoms with Crippen LogP contribution in [-0.2, 0) is 6.42 Å². The molecule has 2 heterocycles. The van der Waals surface area contributed by atoms with Crippen LogP contribution < -0.4 is 0 Å². The van der Waals surface area contributed by atoms with Gasteiger partial charge in [0.15, 0.2) is 0 Å². The fourth-order valence-corrected chi connectivity index (χ4v) is 3.23. The van der Waals surface area contributed by atoms with Gasteiger partial charge >= 0.3 is 5.97 Å². The lowest BCUT2D eigenvalue weighted by Gasteiger charge is -2.10. The minimum Gasteiger partial charge on any atom is -0.478 e. The first-order valence-corrected chi connectivity index (χ1v) is 10.2. The zero-order valence-electron chi connectivity index (χ0n) is 17.5. The maximum Gasteiger partial charge on any atom is 0.337 e. The molecule has 0 bridgehead atoms. The lowest BCUT2D eigenvalue weighted by atomic mass is 10.0. The van der Waals surface area contributed by atoms with Crippen LogP contribution in [0.4, 0.5) is 0 Å². The van der Waals surface area contributed by atoms with Crippen molar-refractivity contribution in [3.63, 3.8) is 0 Å². The van der Waals surface area contributed by atoms with Crippen LogP contribution in [0.3, 0.4) is 0 Å². The Bertz CT molecular complexity index is 1040. The maximum absolute atomic E-state index is 12.3. The van der Waals surface area contributed by atoms with Crippen molar-refractivity contribution in [2.45, 2.75) is 52.5 Å². The van der Waals surface area contributed by atoms with Gasteiger partial charge in [-0.05, 0) is 38.0 Å². The number of Topliss-reactive ketones (excluding diaryl/α,β-unsaturated/α-hetero) is 1. The number of hydrogen-bond donors (Lipinski definition) is 1. The van der Waals surface area contributed by atoms with Gasteiger partial charge in [0, 0.05) is 30.6 Å². The van der Waals surface area contributed by atoms with E-state index >= 15 is 0 Å². The molecular weight excluding hydrogens is 380 g/mol. The van der Waals surface area contributed by atoms with E-state index < -0.39 is 5.97 Å². The van der Waals surface area contributed by atoms with Gasteiger partial charge in [0.25, 0.3) is 0 Å². The fourth-order valence-electron chi connectivity index (χ4n) is 3.23. The highest BCUT2D eigenvalue weighted by molar-refractivity contribution is 5.94. The fraction of sp³-hybridized carbons (Fsp3) is 0.348. The Morgan fingerprint density at radius 3 is 2.50 bits per heavy atom. The molecule has 1 aromatic carbocycles. The lowest BCUT2D eigenvalue weighted by molar-refractivity contribution is 0.0697. The third-order valence-electron chi connectivity index (χ3n) is 4.83. The van der Waals surface area contributed by atoms with Crippen LogP contribution in [0.15, 0.2) is 42.6 Å². The van der Waals surface area contributed by atoms with Gasteiger partial charge in [-0.1, -0.05) is 37.6 Å². The predicted octanol–water partition coefficient (Wildman–Crippen LogP) is 4.58. The molecule has 0 aliphatic carbocycles. The van der Waals surface area contributed by atoms with E-state index in [0.29, 0.717) is 18.5 Å². The van der Waals surface area contributed by atoms with E-state index in [9.17, 15) is 14.7 Å². The van der Waals surface area contributed by atoms with E-state index in [1.54, 1.807) is 23.0 Å². The topological polar surface area (TPSA) is 98.0 Å². The van der Waals surface area contributed by atoms with E-state index in [2.05, 4.69) is 15.1 Å². The smallest absolute Gasteiger partial charge is 0.337 e. The van der Waals surface area contributed by atoms with Gasteiger partial charge in [-0.15, -0.1) is 5.10 Å². The number of aromatic nitrogens is 4. The Kier molecular flexibility index (Phi) is 6.72.